The quantitative estimate of drug-likeness (QED) is 0.822. The molecule has 1 atom stereocenters. The Morgan fingerprint density at radius 2 is 2.15 bits per heavy atom. The van der Waals surface area contributed by atoms with E-state index < -0.39 is 0 Å². The van der Waals surface area contributed by atoms with Gasteiger partial charge in [0.1, 0.15) is 12.4 Å². The molecule has 1 saturated heterocycles. The molecule has 1 aromatic rings. The number of benzene rings is 1. The van der Waals surface area contributed by atoms with Gasteiger partial charge in [0.05, 0.1) is 18.8 Å². The van der Waals surface area contributed by atoms with Gasteiger partial charge in [0.25, 0.3) is 0 Å². The fourth-order valence-corrected chi connectivity index (χ4v) is 2.20. The number of nitrogens with one attached hydrogen (secondary N) is 2. The minimum atomic E-state index is -0.203. The third-order valence-corrected chi connectivity index (χ3v) is 3.53. The van der Waals surface area contributed by atoms with Crippen molar-refractivity contribution < 1.29 is 14.3 Å². The molecule has 0 radical (unpaired) electrons. The third-order valence-electron chi connectivity index (χ3n) is 3.53. The summed E-state index contributed by atoms with van der Waals surface area (Å²) in [5.41, 5.74) is 0.755. The molecule has 0 aromatic heterocycles. The summed E-state index contributed by atoms with van der Waals surface area (Å²) >= 11 is 0. The standard InChI is InChI=1S/C15H22N2O3/c1-11(12-6-4-5-7-13(12)19-3)17-14(18)8-20-15(2)9-16-10-15/h4-7,11,16H,8-10H2,1-3H3,(H,17,18)/t11-/m1/s1. The second-order valence-electron chi connectivity index (χ2n) is 5.37. The van der Waals surface area contributed by atoms with Gasteiger partial charge in [-0.1, -0.05) is 18.2 Å². The highest BCUT2D eigenvalue weighted by atomic mass is 16.5. The minimum Gasteiger partial charge on any atom is -0.496 e. The van der Waals surface area contributed by atoms with E-state index in [-0.39, 0.29) is 24.2 Å². The lowest BCUT2D eigenvalue weighted by Crippen LogP contribution is -2.59. The van der Waals surface area contributed by atoms with Crippen molar-refractivity contribution in [3.05, 3.63) is 29.8 Å². The van der Waals surface area contributed by atoms with Crippen LogP contribution in [0, 0.1) is 0 Å². The predicted octanol–water partition coefficient (Wildman–Crippen LogP) is 1.25. The zero-order chi connectivity index (χ0) is 14.6. The molecule has 5 heteroatoms. The van der Waals surface area contributed by atoms with E-state index in [0.29, 0.717) is 0 Å². The summed E-state index contributed by atoms with van der Waals surface area (Å²) in [5, 5.41) is 6.06. The van der Waals surface area contributed by atoms with Gasteiger partial charge in [0, 0.05) is 18.7 Å². The fourth-order valence-electron chi connectivity index (χ4n) is 2.20. The lowest BCUT2D eigenvalue weighted by molar-refractivity contribution is -0.136. The fraction of sp³-hybridized carbons (Fsp3) is 0.533. The summed E-state index contributed by atoms with van der Waals surface area (Å²) in [6.07, 6.45) is 0. The molecule has 0 unspecified atom stereocenters. The van der Waals surface area contributed by atoms with Gasteiger partial charge in [-0.15, -0.1) is 0 Å². The monoisotopic (exact) mass is 278 g/mol. The lowest BCUT2D eigenvalue weighted by Gasteiger charge is -2.38. The Hall–Kier alpha value is -1.59. The molecule has 0 spiro atoms. The van der Waals surface area contributed by atoms with Gasteiger partial charge in [-0.2, -0.15) is 0 Å². The van der Waals surface area contributed by atoms with E-state index in [9.17, 15) is 4.79 Å². The zero-order valence-electron chi connectivity index (χ0n) is 12.2. The Labute approximate surface area is 119 Å². The van der Waals surface area contributed by atoms with E-state index in [0.717, 1.165) is 24.4 Å². The number of hydrogen-bond acceptors (Lipinski definition) is 4. The van der Waals surface area contributed by atoms with Crippen LogP contribution in [0.15, 0.2) is 24.3 Å². The van der Waals surface area contributed by atoms with Gasteiger partial charge in [-0.25, -0.2) is 0 Å². The predicted molar refractivity (Wildman–Crippen MR) is 76.8 cm³/mol. The van der Waals surface area contributed by atoms with Crippen LogP contribution in [0.2, 0.25) is 0 Å². The van der Waals surface area contributed by atoms with Gasteiger partial charge in [0.2, 0.25) is 5.91 Å². The van der Waals surface area contributed by atoms with Crippen LogP contribution in [0.1, 0.15) is 25.5 Å². The highest BCUT2D eigenvalue weighted by Gasteiger charge is 2.33. The molecule has 20 heavy (non-hydrogen) atoms. The molecule has 0 aliphatic carbocycles. The van der Waals surface area contributed by atoms with Gasteiger partial charge >= 0.3 is 0 Å². The molecular formula is C15H22N2O3. The third kappa shape index (κ3) is 3.49. The summed E-state index contributed by atoms with van der Waals surface area (Å²) in [6, 6.07) is 7.55. The molecule has 2 N–H and O–H groups in total. The number of rotatable bonds is 6. The van der Waals surface area contributed by atoms with Crippen molar-refractivity contribution in [2.24, 2.45) is 0 Å². The van der Waals surface area contributed by atoms with Crippen molar-refractivity contribution in [1.82, 2.24) is 10.6 Å². The first-order valence-corrected chi connectivity index (χ1v) is 6.81. The van der Waals surface area contributed by atoms with Crippen molar-refractivity contribution in [3.8, 4) is 5.75 Å². The normalized spacial score (nSPS) is 17.9. The smallest absolute Gasteiger partial charge is 0.246 e. The number of carbonyl (C=O) groups excluding carboxylic acids is 1. The summed E-state index contributed by atoms with van der Waals surface area (Å²) in [7, 11) is 1.63. The van der Waals surface area contributed by atoms with Crippen molar-refractivity contribution in [2.75, 3.05) is 26.8 Å². The number of para-hydroxylation sites is 1. The first-order valence-electron chi connectivity index (χ1n) is 6.81. The Balaban J connectivity index is 1.87. The van der Waals surface area contributed by atoms with Crippen LogP contribution in [0.25, 0.3) is 0 Å². The van der Waals surface area contributed by atoms with Crippen molar-refractivity contribution in [3.63, 3.8) is 0 Å². The summed E-state index contributed by atoms with van der Waals surface area (Å²) in [4.78, 5) is 11.9. The first-order chi connectivity index (χ1) is 9.54. The topological polar surface area (TPSA) is 59.6 Å². The minimum absolute atomic E-state index is 0.0810. The van der Waals surface area contributed by atoms with Crippen LogP contribution >= 0.6 is 0 Å². The van der Waals surface area contributed by atoms with E-state index in [1.54, 1.807) is 7.11 Å². The SMILES string of the molecule is COc1ccccc1[C@@H](C)NC(=O)COC1(C)CNC1. The number of hydrogen-bond donors (Lipinski definition) is 2. The maximum absolute atomic E-state index is 11.9. The average molecular weight is 278 g/mol. The van der Waals surface area contributed by atoms with Crippen molar-refractivity contribution >= 4 is 5.91 Å². The highest BCUT2D eigenvalue weighted by Crippen LogP contribution is 2.24. The Morgan fingerprint density at radius 1 is 1.45 bits per heavy atom. The molecule has 1 amide bonds. The van der Waals surface area contributed by atoms with E-state index in [4.69, 9.17) is 9.47 Å². The van der Waals surface area contributed by atoms with Gasteiger partial charge in [-0.3, -0.25) is 4.79 Å². The summed E-state index contributed by atoms with van der Waals surface area (Å²) in [6.45, 7) is 5.60. The Bertz CT molecular complexity index is 472. The second kappa shape index (κ2) is 6.24. The maximum atomic E-state index is 11.9. The van der Waals surface area contributed by atoms with E-state index in [1.807, 2.05) is 38.1 Å². The van der Waals surface area contributed by atoms with Gasteiger partial charge in [0.15, 0.2) is 0 Å². The molecule has 5 nitrogen and oxygen atoms in total. The van der Waals surface area contributed by atoms with Crippen molar-refractivity contribution in [2.45, 2.75) is 25.5 Å². The highest BCUT2D eigenvalue weighted by molar-refractivity contribution is 5.77. The number of amides is 1. The molecule has 1 aliphatic heterocycles. The molecule has 1 heterocycles. The van der Waals surface area contributed by atoms with E-state index in [1.165, 1.54) is 0 Å². The summed E-state index contributed by atoms with van der Waals surface area (Å²) < 4.78 is 10.9. The van der Waals surface area contributed by atoms with Crippen LogP contribution in [0.3, 0.4) is 0 Å². The number of carbonyl (C=O) groups is 1. The van der Waals surface area contributed by atoms with E-state index in [2.05, 4.69) is 10.6 Å². The van der Waals surface area contributed by atoms with Gasteiger partial charge in [-0.05, 0) is 19.9 Å². The number of ether oxygens (including phenoxy) is 2. The molecule has 0 bridgehead atoms. The van der Waals surface area contributed by atoms with Crippen molar-refractivity contribution in [1.29, 1.82) is 0 Å². The van der Waals surface area contributed by atoms with Crippen LogP contribution in [-0.4, -0.2) is 38.3 Å². The first kappa shape index (κ1) is 14.8. The molecule has 110 valence electrons. The molecular weight excluding hydrogens is 256 g/mol. The summed E-state index contributed by atoms with van der Waals surface area (Å²) in [5.74, 6) is 0.660. The second-order valence-corrected chi connectivity index (χ2v) is 5.37. The average Bonchev–Trinajstić information content (AvgIpc) is 2.43. The Morgan fingerprint density at radius 3 is 2.75 bits per heavy atom. The molecule has 1 fully saturated rings. The lowest BCUT2D eigenvalue weighted by atomic mass is 10.0. The van der Waals surface area contributed by atoms with E-state index >= 15 is 0 Å². The van der Waals surface area contributed by atoms with Gasteiger partial charge < -0.3 is 20.1 Å². The maximum Gasteiger partial charge on any atom is 0.246 e. The molecule has 2 rings (SSSR count). The molecule has 0 saturated carbocycles. The molecule has 1 aliphatic rings. The number of methoxy groups -OCH3 is 1. The van der Waals surface area contributed by atoms with Crippen LogP contribution in [-0.2, 0) is 9.53 Å². The van der Waals surface area contributed by atoms with Crippen LogP contribution in [0.4, 0.5) is 0 Å². The molecule has 1 aromatic carbocycles. The van der Waals surface area contributed by atoms with Crippen LogP contribution in [0.5, 0.6) is 5.75 Å². The Kier molecular flexibility index (Phi) is 4.62. The largest absolute Gasteiger partial charge is 0.496 e. The van der Waals surface area contributed by atoms with Crippen LogP contribution < -0.4 is 15.4 Å². The zero-order valence-corrected chi connectivity index (χ0v) is 12.2.